The van der Waals surface area contributed by atoms with Crippen molar-refractivity contribution in [3.63, 3.8) is 0 Å². The second-order valence-corrected chi connectivity index (χ2v) is 11.3. The van der Waals surface area contributed by atoms with Gasteiger partial charge in [-0.15, -0.1) is 0 Å². The van der Waals surface area contributed by atoms with Crippen molar-refractivity contribution in [2.75, 3.05) is 6.26 Å². The monoisotopic (exact) mass is 512 g/mol. The molecule has 2 aromatic carbocycles. The molecule has 34 heavy (non-hydrogen) atoms. The molecule has 0 bridgehead atoms. The molecule has 0 aromatic heterocycles. The van der Waals surface area contributed by atoms with Gasteiger partial charge >= 0.3 is 0 Å². The van der Waals surface area contributed by atoms with Gasteiger partial charge in [0.25, 0.3) is 5.91 Å². The number of amides is 2. The third kappa shape index (κ3) is 4.67. The highest BCUT2D eigenvalue weighted by molar-refractivity contribution is 7.90. The zero-order valence-corrected chi connectivity index (χ0v) is 19.9. The highest BCUT2D eigenvalue weighted by atomic mass is 35.5. The van der Waals surface area contributed by atoms with E-state index in [4.69, 9.17) is 11.6 Å². The summed E-state index contributed by atoms with van der Waals surface area (Å²) in [5.74, 6) is -2.79. The van der Waals surface area contributed by atoms with Crippen molar-refractivity contribution >= 4 is 33.3 Å². The highest BCUT2D eigenvalue weighted by Gasteiger charge is 2.56. The number of aliphatic hydroxyl groups excluding tert-OH is 1. The molecule has 5 atom stereocenters. The summed E-state index contributed by atoms with van der Waals surface area (Å²) in [6.07, 6.45) is 0.857. The average molecular weight is 513 g/mol. The first kappa shape index (κ1) is 24.6. The van der Waals surface area contributed by atoms with Gasteiger partial charge in [0.1, 0.15) is 17.7 Å². The molecule has 0 spiro atoms. The van der Waals surface area contributed by atoms with Gasteiger partial charge in [-0.25, -0.2) is 17.2 Å². The van der Waals surface area contributed by atoms with Gasteiger partial charge < -0.3 is 15.3 Å². The molecule has 2 fully saturated rings. The lowest BCUT2D eigenvalue weighted by Gasteiger charge is -2.30. The maximum Gasteiger partial charge on any atom is 0.254 e. The predicted molar refractivity (Wildman–Crippen MR) is 120 cm³/mol. The topological polar surface area (TPSA) is 104 Å². The molecule has 1 saturated carbocycles. The Balaban J connectivity index is 1.59. The van der Waals surface area contributed by atoms with Crippen LogP contribution in [0.15, 0.2) is 41.3 Å². The molecule has 1 saturated heterocycles. The number of rotatable bonds is 6. The maximum absolute atomic E-state index is 14.5. The lowest BCUT2D eigenvalue weighted by Crippen LogP contribution is -2.50. The average Bonchev–Trinajstić information content (AvgIpc) is 3.43. The van der Waals surface area contributed by atoms with Gasteiger partial charge in [-0.2, -0.15) is 0 Å². The van der Waals surface area contributed by atoms with Crippen LogP contribution in [0, 0.1) is 17.6 Å². The smallest absolute Gasteiger partial charge is 0.254 e. The number of sulfone groups is 1. The molecule has 4 rings (SSSR count). The van der Waals surface area contributed by atoms with E-state index in [-0.39, 0.29) is 28.0 Å². The van der Waals surface area contributed by atoms with E-state index in [9.17, 15) is 31.9 Å². The van der Waals surface area contributed by atoms with Crippen LogP contribution in [0.2, 0.25) is 5.02 Å². The number of hydrogen-bond donors (Lipinski definition) is 2. The molecule has 0 radical (unpaired) electrons. The summed E-state index contributed by atoms with van der Waals surface area (Å²) in [5.41, 5.74) is -0.140. The van der Waals surface area contributed by atoms with Crippen molar-refractivity contribution in [1.82, 2.24) is 10.2 Å². The van der Waals surface area contributed by atoms with Crippen molar-refractivity contribution in [1.29, 1.82) is 0 Å². The second kappa shape index (κ2) is 8.90. The lowest BCUT2D eigenvalue weighted by molar-refractivity contribution is -0.127. The standard InChI is InChI=1S/C23H23ClF2N2O5S/c1-11(29)21(15-9-18(26)16(24)10-17(15)25)27-22(30)20-8-13-7-19(13)28(20)23(31)12-4-3-5-14(6-12)34(2,32)33/h3-6,9-11,13,19-21,29H,7-8H2,1-2H3,(H,27,30)/t11-,13-,19-,20-,21-/m1/s1. The summed E-state index contributed by atoms with van der Waals surface area (Å²) >= 11 is 5.61. The molecule has 11 heteroatoms. The van der Waals surface area contributed by atoms with Gasteiger partial charge in [0.05, 0.1) is 22.1 Å². The molecule has 7 nitrogen and oxygen atoms in total. The molecule has 1 aliphatic heterocycles. The number of carbonyl (C=O) groups is 2. The summed E-state index contributed by atoms with van der Waals surface area (Å²) in [4.78, 5) is 27.9. The number of halogens is 3. The van der Waals surface area contributed by atoms with Crippen molar-refractivity contribution in [2.24, 2.45) is 5.92 Å². The predicted octanol–water partition coefficient (Wildman–Crippen LogP) is 2.86. The number of nitrogens with zero attached hydrogens (tertiary/aromatic N) is 1. The molecular weight excluding hydrogens is 490 g/mol. The quantitative estimate of drug-likeness (QED) is 0.579. The van der Waals surface area contributed by atoms with Crippen LogP contribution in [0.1, 0.15) is 41.7 Å². The largest absolute Gasteiger partial charge is 0.391 e. The Bertz CT molecular complexity index is 1270. The minimum Gasteiger partial charge on any atom is -0.391 e. The molecule has 2 N–H and O–H groups in total. The van der Waals surface area contributed by atoms with Crippen LogP contribution in [0.3, 0.4) is 0 Å². The van der Waals surface area contributed by atoms with Gasteiger partial charge in [-0.3, -0.25) is 9.59 Å². The Morgan fingerprint density at radius 3 is 2.53 bits per heavy atom. The van der Waals surface area contributed by atoms with Gasteiger partial charge in [-0.1, -0.05) is 17.7 Å². The molecular formula is C23H23ClF2N2O5S. The van der Waals surface area contributed by atoms with Gasteiger partial charge in [0, 0.05) is 23.4 Å². The molecule has 1 aliphatic carbocycles. The third-order valence-electron chi connectivity index (χ3n) is 6.31. The van der Waals surface area contributed by atoms with E-state index in [1.165, 1.54) is 36.1 Å². The second-order valence-electron chi connectivity index (χ2n) is 8.84. The third-order valence-corrected chi connectivity index (χ3v) is 7.71. The molecule has 1 heterocycles. The summed E-state index contributed by atoms with van der Waals surface area (Å²) in [6.45, 7) is 1.32. The van der Waals surface area contributed by atoms with Gasteiger partial charge in [-0.05, 0) is 56.0 Å². The van der Waals surface area contributed by atoms with Crippen molar-refractivity contribution in [3.05, 3.63) is 64.2 Å². The minimum absolute atomic E-state index is 0.0136. The van der Waals surface area contributed by atoms with E-state index in [1.807, 2.05) is 0 Å². The number of likely N-dealkylation sites (tertiary alicyclic amines) is 1. The lowest BCUT2D eigenvalue weighted by atomic mass is 10.00. The zero-order valence-electron chi connectivity index (χ0n) is 18.3. The van der Waals surface area contributed by atoms with Crippen LogP contribution in [-0.4, -0.2) is 54.7 Å². The molecule has 2 amide bonds. The van der Waals surface area contributed by atoms with E-state index in [1.54, 1.807) is 0 Å². The number of fused-ring (bicyclic) bond motifs is 1. The first-order valence-electron chi connectivity index (χ1n) is 10.6. The number of nitrogens with one attached hydrogen (secondary N) is 1. The van der Waals surface area contributed by atoms with Crippen molar-refractivity contribution in [3.8, 4) is 0 Å². The van der Waals surface area contributed by atoms with Crippen LogP contribution in [0.25, 0.3) is 0 Å². The summed E-state index contributed by atoms with van der Waals surface area (Å²) < 4.78 is 52.2. The SMILES string of the molecule is C[C@@H](O)[C@@H](NC(=O)[C@H]1C[C@H]2C[C@H]2N1C(=O)c1cccc(S(C)(=O)=O)c1)c1cc(F)c(Cl)cc1F. The number of aliphatic hydroxyl groups is 1. The Morgan fingerprint density at radius 2 is 1.88 bits per heavy atom. The normalized spacial score (nSPS) is 23.2. The van der Waals surface area contributed by atoms with Crippen molar-refractivity contribution < 1.29 is 31.9 Å². The summed E-state index contributed by atoms with van der Waals surface area (Å²) in [7, 11) is -3.54. The Morgan fingerprint density at radius 1 is 1.18 bits per heavy atom. The van der Waals surface area contributed by atoms with E-state index in [2.05, 4.69) is 5.32 Å². The summed E-state index contributed by atoms with van der Waals surface area (Å²) in [5, 5.41) is 12.3. The number of hydrogen-bond acceptors (Lipinski definition) is 5. The minimum atomic E-state index is -3.54. The zero-order chi connectivity index (χ0) is 24.9. The first-order valence-corrected chi connectivity index (χ1v) is 12.9. The number of benzene rings is 2. The number of piperidine rings is 1. The van der Waals surface area contributed by atoms with Crippen LogP contribution in [-0.2, 0) is 14.6 Å². The van der Waals surface area contributed by atoms with Gasteiger partial charge in [0.2, 0.25) is 5.91 Å². The maximum atomic E-state index is 14.5. The van der Waals surface area contributed by atoms with Crippen molar-refractivity contribution in [2.45, 2.75) is 48.9 Å². The van der Waals surface area contributed by atoms with E-state index in [0.717, 1.165) is 24.8 Å². The Kier molecular flexibility index (Phi) is 6.43. The molecule has 2 aliphatic rings. The van der Waals surface area contributed by atoms with Crippen LogP contribution in [0.4, 0.5) is 8.78 Å². The molecule has 182 valence electrons. The van der Waals surface area contributed by atoms with Crippen LogP contribution in [0.5, 0.6) is 0 Å². The molecule has 2 aromatic rings. The molecule has 0 unspecified atom stereocenters. The van der Waals surface area contributed by atoms with E-state index in [0.29, 0.717) is 6.42 Å². The number of carbonyl (C=O) groups excluding carboxylic acids is 2. The Hall–Kier alpha value is -2.56. The Labute approximate surface area is 200 Å². The summed E-state index contributed by atoms with van der Waals surface area (Å²) in [6, 6.07) is 4.83. The highest BCUT2D eigenvalue weighted by Crippen LogP contribution is 2.48. The van der Waals surface area contributed by atoms with Gasteiger partial charge in [0.15, 0.2) is 9.84 Å². The fourth-order valence-corrected chi connectivity index (χ4v) is 5.29. The van der Waals surface area contributed by atoms with E-state index >= 15 is 0 Å². The fraction of sp³-hybridized carbons (Fsp3) is 0.391. The fourth-order valence-electron chi connectivity index (χ4n) is 4.48. The van der Waals surface area contributed by atoms with E-state index < -0.39 is 56.5 Å². The van der Waals surface area contributed by atoms with Crippen LogP contribution < -0.4 is 5.32 Å². The van der Waals surface area contributed by atoms with Crippen LogP contribution >= 0.6 is 11.6 Å². The first-order chi connectivity index (χ1) is 15.9.